The van der Waals surface area contributed by atoms with Crippen LogP contribution in [-0.4, -0.2) is 5.11 Å². The van der Waals surface area contributed by atoms with E-state index in [4.69, 9.17) is 0 Å². The quantitative estimate of drug-likeness (QED) is 0.822. The van der Waals surface area contributed by atoms with Gasteiger partial charge in [0.2, 0.25) is 0 Å². The fraction of sp³-hybridized carbons (Fsp3) is 0.250. The van der Waals surface area contributed by atoms with E-state index in [1.807, 2.05) is 24.3 Å². The summed E-state index contributed by atoms with van der Waals surface area (Å²) in [6.07, 6.45) is 0.246. The highest BCUT2D eigenvalue weighted by Crippen LogP contribution is 2.22. The molecule has 1 nitrogen and oxygen atoms in total. The average Bonchev–Trinajstić information content (AvgIpc) is 2.34. The Hall–Kier alpha value is -0.870. The molecule has 0 aliphatic rings. The molecule has 0 saturated carbocycles. The summed E-state index contributed by atoms with van der Waals surface area (Å²) in [5, 5.41) is 10.3. The highest BCUT2D eigenvalue weighted by atomic mass is 127. The first-order valence-corrected chi connectivity index (χ1v) is 7.14. The van der Waals surface area contributed by atoms with E-state index in [9.17, 15) is 5.11 Å². The minimum absolute atomic E-state index is 0.428. The minimum atomic E-state index is -0.428. The van der Waals surface area contributed by atoms with E-state index in [1.54, 1.807) is 0 Å². The predicted molar refractivity (Wildman–Crippen MR) is 83.7 cm³/mol. The molecule has 18 heavy (non-hydrogen) atoms. The number of hydrogen-bond donors (Lipinski definition) is 1. The van der Waals surface area contributed by atoms with Crippen molar-refractivity contribution in [1.29, 1.82) is 0 Å². The third kappa shape index (κ3) is 3.33. The lowest BCUT2D eigenvalue weighted by atomic mass is 9.97. The molecular formula is C16H17IO. The van der Waals surface area contributed by atoms with E-state index >= 15 is 0 Å². The van der Waals surface area contributed by atoms with Gasteiger partial charge < -0.3 is 5.11 Å². The highest BCUT2D eigenvalue weighted by Gasteiger charge is 2.10. The molecule has 2 heteroatoms. The van der Waals surface area contributed by atoms with Crippen molar-refractivity contribution in [3.63, 3.8) is 0 Å². The summed E-state index contributed by atoms with van der Waals surface area (Å²) in [7, 11) is 0. The molecule has 0 spiro atoms. The number of rotatable bonds is 3. The lowest BCUT2D eigenvalue weighted by Gasteiger charge is -2.13. The van der Waals surface area contributed by atoms with Gasteiger partial charge in [-0.3, -0.25) is 0 Å². The van der Waals surface area contributed by atoms with Gasteiger partial charge in [-0.25, -0.2) is 0 Å². The number of hydrogen-bond acceptors (Lipinski definition) is 1. The molecule has 0 radical (unpaired) electrons. The van der Waals surface area contributed by atoms with Crippen LogP contribution in [-0.2, 0) is 6.42 Å². The monoisotopic (exact) mass is 352 g/mol. The maximum atomic E-state index is 10.3. The van der Waals surface area contributed by atoms with Crippen LogP contribution in [0.2, 0.25) is 0 Å². The number of halogens is 1. The van der Waals surface area contributed by atoms with Crippen LogP contribution in [0.3, 0.4) is 0 Å². The second-order valence-corrected chi connectivity index (χ2v) is 5.95. The Morgan fingerprint density at radius 1 is 1.06 bits per heavy atom. The first-order chi connectivity index (χ1) is 8.56. The zero-order valence-corrected chi connectivity index (χ0v) is 12.8. The van der Waals surface area contributed by atoms with Crippen molar-refractivity contribution in [3.8, 4) is 0 Å². The van der Waals surface area contributed by atoms with E-state index in [-0.39, 0.29) is 0 Å². The van der Waals surface area contributed by atoms with Gasteiger partial charge in [0.1, 0.15) is 0 Å². The molecule has 0 aliphatic carbocycles. The van der Waals surface area contributed by atoms with Gasteiger partial charge >= 0.3 is 0 Å². The summed E-state index contributed by atoms with van der Waals surface area (Å²) in [6, 6.07) is 14.4. The summed E-state index contributed by atoms with van der Waals surface area (Å²) in [6.45, 7) is 4.18. The smallest absolute Gasteiger partial charge is 0.0830 e. The fourth-order valence-corrected chi connectivity index (χ4v) is 2.39. The number of aliphatic hydroxyl groups is 1. The Morgan fingerprint density at radius 3 is 2.39 bits per heavy atom. The number of benzene rings is 2. The Bertz CT molecular complexity index is 531. The topological polar surface area (TPSA) is 20.2 Å². The van der Waals surface area contributed by atoms with Crippen LogP contribution < -0.4 is 0 Å². The summed E-state index contributed by atoms with van der Waals surface area (Å²) in [4.78, 5) is 0. The summed E-state index contributed by atoms with van der Waals surface area (Å²) >= 11 is 2.27. The van der Waals surface area contributed by atoms with E-state index in [0.29, 0.717) is 6.42 Å². The van der Waals surface area contributed by atoms with Crippen molar-refractivity contribution in [1.82, 2.24) is 0 Å². The van der Waals surface area contributed by atoms with Crippen molar-refractivity contribution in [2.45, 2.75) is 26.4 Å². The van der Waals surface area contributed by atoms with Crippen LogP contribution >= 0.6 is 22.6 Å². The SMILES string of the molecule is Cc1ccc(C)c(CC(O)c2ccc(I)cc2)c1. The number of aliphatic hydroxyl groups excluding tert-OH is 1. The van der Waals surface area contributed by atoms with Gasteiger partial charge in [-0.2, -0.15) is 0 Å². The summed E-state index contributed by atoms with van der Waals surface area (Å²) < 4.78 is 1.19. The predicted octanol–water partition coefficient (Wildman–Crippen LogP) is 4.18. The molecule has 1 atom stereocenters. The Balaban J connectivity index is 2.18. The van der Waals surface area contributed by atoms with Crippen LogP contribution in [0.1, 0.15) is 28.4 Å². The molecule has 0 aliphatic heterocycles. The molecule has 0 fully saturated rings. The second kappa shape index (κ2) is 5.85. The Kier molecular flexibility index (Phi) is 4.40. The minimum Gasteiger partial charge on any atom is -0.388 e. The molecular weight excluding hydrogens is 335 g/mol. The summed E-state index contributed by atoms with van der Waals surface area (Å²) in [5.74, 6) is 0. The Morgan fingerprint density at radius 2 is 1.72 bits per heavy atom. The van der Waals surface area contributed by atoms with E-state index in [1.165, 1.54) is 20.3 Å². The Labute approximate surface area is 122 Å². The van der Waals surface area contributed by atoms with Crippen molar-refractivity contribution >= 4 is 22.6 Å². The van der Waals surface area contributed by atoms with Crippen molar-refractivity contribution in [2.24, 2.45) is 0 Å². The molecule has 0 heterocycles. The fourth-order valence-electron chi connectivity index (χ4n) is 2.03. The maximum absolute atomic E-state index is 10.3. The molecule has 2 aromatic carbocycles. The van der Waals surface area contributed by atoms with Crippen molar-refractivity contribution in [3.05, 3.63) is 68.3 Å². The zero-order chi connectivity index (χ0) is 13.1. The molecule has 0 bridgehead atoms. The summed E-state index contributed by atoms with van der Waals surface area (Å²) in [5.41, 5.74) is 4.69. The third-order valence-electron chi connectivity index (χ3n) is 3.17. The maximum Gasteiger partial charge on any atom is 0.0830 e. The van der Waals surface area contributed by atoms with Gasteiger partial charge in [-0.15, -0.1) is 0 Å². The van der Waals surface area contributed by atoms with Gasteiger partial charge in [0.15, 0.2) is 0 Å². The van der Waals surface area contributed by atoms with Gasteiger partial charge in [-0.1, -0.05) is 35.9 Å². The third-order valence-corrected chi connectivity index (χ3v) is 3.89. The van der Waals surface area contributed by atoms with Crippen molar-refractivity contribution < 1.29 is 5.11 Å². The first-order valence-electron chi connectivity index (χ1n) is 6.06. The molecule has 1 unspecified atom stereocenters. The average molecular weight is 352 g/mol. The van der Waals surface area contributed by atoms with Crippen LogP contribution in [0, 0.1) is 17.4 Å². The lowest BCUT2D eigenvalue weighted by molar-refractivity contribution is 0.178. The molecule has 94 valence electrons. The van der Waals surface area contributed by atoms with Gasteiger partial charge in [-0.05, 0) is 65.3 Å². The van der Waals surface area contributed by atoms with E-state index in [0.717, 1.165) is 5.56 Å². The van der Waals surface area contributed by atoms with Gasteiger partial charge in [0.05, 0.1) is 6.10 Å². The van der Waals surface area contributed by atoms with E-state index in [2.05, 4.69) is 54.6 Å². The molecule has 1 N–H and O–H groups in total. The second-order valence-electron chi connectivity index (χ2n) is 4.70. The molecule has 2 aromatic rings. The van der Waals surface area contributed by atoms with Gasteiger partial charge in [0.25, 0.3) is 0 Å². The van der Waals surface area contributed by atoms with Gasteiger partial charge in [0, 0.05) is 9.99 Å². The lowest BCUT2D eigenvalue weighted by Crippen LogP contribution is -2.03. The number of aryl methyl sites for hydroxylation is 2. The van der Waals surface area contributed by atoms with Crippen LogP contribution in [0.4, 0.5) is 0 Å². The van der Waals surface area contributed by atoms with E-state index < -0.39 is 6.10 Å². The van der Waals surface area contributed by atoms with Crippen LogP contribution in [0.5, 0.6) is 0 Å². The molecule has 2 rings (SSSR count). The zero-order valence-electron chi connectivity index (χ0n) is 10.7. The molecule has 0 saturated heterocycles. The van der Waals surface area contributed by atoms with Crippen LogP contribution in [0.25, 0.3) is 0 Å². The van der Waals surface area contributed by atoms with Crippen molar-refractivity contribution in [2.75, 3.05) is 0 Å². The molecule has 0 amide bonds. The molecule has 0 aromatic heterocycles. The first kappa shape index (κ1) is 13.6. The van der Waals surface area contributed by atoms with Crippen LogP contribution in [0.15, 0.2) is 42.5 Å². The standard InChI is InChI=1S/C16H17IO/c1-11-3-4-12(2)14(9-11)10-16(18)13-5-7-15(17)8-6-13/h3-9,16,18H,10H2,1-2H3. The normalized spacial score (nSPS) is 12.4. The largest absolute Gasteiger partial charge is 0.388 e. The highest BCUT2D eigenvalue weighted by molar-refractivity contribution is 14.1.